The number of aromatic nitrogens is 1. The predicted molar refractivity (Wildman–Crippen MR) is 53.7 cm³/mol. The van der Waals surface area contributed by atoms with Crippen molar-refractivity contribution in [1.82, 2.24) is 4.98 Å². The summed E-state index contributed by atoms with van der Waals surface area (Å²) in [5, 5.41) is 19.2. The molecule has 1 aromatic heterocycles. The Morgan fingerprint density at radius 3 is 2.58 bits per heavy atom. The number of nitrogens with zero attached hydrogens (tertiary/aromatic N) is 2. The number of hydrogen-bond acceptors (Lipinski definition) is 5. The monoisotopic (exact) mass is 280 g/mol. The van der Waals surface area contributed by atoms with Gasteiger partial charge in [-0.1, -0.05) is 0 Å². The van der Waals surface area contributed by atoms with Gasteiger partial charge in [0.2, 0.25) is 5.88 Å². The third-order valence-electron chi connectivity index (χ3n) is 2.06. The van der Waals surface area contributed by atoms with Gasteiger partial charge in [-0.2, -0.15) is 0 Å². The van der Waals surface area contributed by atoms with Gasteiger partial charge >= 0.3 is 12.3 Å². The molecule has 104 valence electrons. The zero-order valence-electron chi connectivity index (χ0n) is 9.39. The minimum absolute atomic E-state index is 0.123. The third-order valence-corrected chi connectivity index (χ3v) is 2.06. The van der Waals surface area contributed by atoms with Gasteiger partial charge in [-0.3, -0.25) is 14.9 Å². The lowest BCUT2D eigenvalue weighted by Crippen LogP contribution is -2.19. The van der Waals surface area contributed by atoms with E-state index in [0.717, 1.165) is 0 Å². The normalized spacial score (nSPS) is 11.2. The van der Waals surface area contributed by atoms with E-state index in [1.165, 1.54) is 6.92 Å². The number of carboxylic acid groups (broad SMARTS) is 1. The van der Waals surface area contributed by atoms with E-state index in [2.05, 4.69) is 9.72 Å². The molecule has 0 radical (unpaired) electrons. The lowest BCUT2D eigenvalue weighted by molar-refractivity contribution is -0.385. The molecule has 7 nitrogen and oxygen atoms in total. The number of nitro groups is 1. The van der Waals surface area contributed by atoms with E-state index in [4.69, 9.17) is 5.11 Å². The molecule has 0 aliphatic heterocycles. The molecule has 1 heterocycles. The van der Waals surface area contributed by atoms with Crippen LogP contribution in [0.3, 0.4) is 0 Å². The van der Waals surface area contributed by atoms with Gasteiger partial charge in [0, 0.05) is 5.56 Å². The number of aliphatic carboxylic acids is 1. The third kappa shape index (κ3) is 4.08. The van der Waals surface area contributed by atoms with E-state index in [0.29, 0.717) is 6.07 Å². The summed E-state index contributed by atoms with van der Waals surface area (Å²) in [5.41, 5.74) is -1.17. The van der Waals surface area contributed by atoms with Crippen molar-refractivity contribution in [3.63, 3.8) is 0 Å². The second kappa shape index (κ2) is 5.08. The van der Waals surface area contributed by atoms with Crippen LogP contribution >= 0.6 is 0 Å². The van der Waals surface area contributed by atoms with E-state index >= 15 is 0 Å². The summed E-state index contributed by atoms with van der Waals surface area (Å²) < 4.78 is 39.5. The minimum Gasteiger partial charge on any atom is -0.481 e. The summed E-state index contributed by atoms with van der Waals surface area (Å²) in [7, 11) is 0. The van der Waals surface area contributed by atoms with Crippen LogP contribution in [0.15, 0.2) is 6.07 Å². The molecule has 0 saturated heterocycles. The summed E-state index contributed by atoms with van der Waals surface area (Å²) in [6.45, 7) is 1.20. The van der Waals surface area contributed by atoms with Crippen LogP contribution in [0.25, 0.3) is 0 Å². The first-order valence-corrected chi connectivity index (χ1v) is 4.72. The Morgan fingerprint density at radius 1 is 1.58 bits per heavy atom. The van der Waals surface area contributed by atoms with Crippen molar-refractivity contribution in [2.24, 2.45) is 0 Å². The molecule has 0 aliphatic rings. The lowest BCUT2D eigenvalue weighted by atomic mass is 10.1. The molecule has 0 unspecified atom stereocenters. The highest BCUT2D eigenvalue weighted by Gasteiger charge is 2.33. The fourth-order valence-corrected chi connectivity index (χ4v) is 1.30. The number of pyridine rings is 1. The van der Waals surface area contributed by atoms with Crippen LogP contribution in [-0.2, 0) is 11.2 Å². The highest BCUT2D eigenvalue weighted by Crippen LogP contribution is 2.28. The van der Waals surface area contributed by atoms with E-state index < -0.39 is 35.2 Å². The molecule has 0 aliphatic carbocycles. The molecule has 0 spiro atoms. The number of ether oxygens (including phenoxy) is 1. The molecule has 0 bridgehead atoms. The number of hydrogen-bond donors (Lipinski definition) is 1. The molecule has 10 heteroatoms. The van der Waals surface area contributed by atoms with Gasteiger partial charge in [0.25, 0.3) is 5.69 Å². The molecule has 1 N–H and O–H groups in total. The summed E-state index contributed by atoms with van der Waals surface area (Å²) in [4.78, 5) is 23.6. The summed E-state index contributed by atoms with van der Waals surface area (Å²) in [6.07, 6.45) is -5.82. The van der Waals surface area contributed by atoms with Gasteiger partial charge < -0.3 is 9.84 Å². The SMILES string of the molecule is Cc1c([N+](=O)[O-])cc(OC(F)(F)F)nc1CC(=O)O. The Morgan fingerprint density at radius 2 is 2.16 bits per heavy atom. The van der Waals surface area contributed by atoms with Crippen LogP contribution in [0, 0.1) is 17.0 Å². The molecule has 1 aromatic rings. The van der Waals surface area contributed by atoms with Gasteiger partial charge in [-0.15, -0.1) is 13.2 Å². The standard InChI is InChI=1S/C9H7F3N2O5/c1-4-5(2-8(15)16)13-7(19-9(10,11)12)3-6(4)14(17)18/h3H,2H2,1H3,(H,15,16). The average Bonchev–Trinajstić information content (AvgIpc) is 2.19. The van der Waals surface area contributed by atoms with Gasteiger partial charge in [0.05, 0.1) is 23.1 Å². The van der Waals surface area contributed by atoms with Crippen LogP contribution in [0.5, 0.6) is 5.88 Å². The second-order valence-electron chi connectivity index (χ2n) is 3.43. The van der Waals surface area contributed by atoms with Crippen molar-refractivity contribution in [2.75, 3.05) is 0 Å². The number of halogens is 3. The lowest BCUT2D eigenvalue weighted by Gasteiger charge is -2.10. The first-order valence-electron chi connectivity index (χ1n) is 4.72. The van der Waals surface area contributed by atoms with E-state index in [1.807, 2.05) is 0 Å². The average molecular weight is 280 g/mol. The number of alkyl halides is 3. The highest BCUT2D eigenvalue weighted by atomic mass is 19.4. The predicted octanol–water partition coefficient (Wildman–Crippen LogP) is 1.82. The fraction of sp³-hybridized carbons (Fsp3) is 0.333. The van der Waals surface area contributed by atoms with Crippen molar-refractivity contribution < 1.29 is 32.7 Å². The summed E-state index contributed by atoms with van der Waals surface area (Å²) in [5.74, 6) is -2.45. The summed E-state index contributed by atoms with van der Waals surface area (Å²) in [6, 6.07) is 0.494. The zero-order valence-corrected chi connectivity index (χ0v) is 9.39. The van der Waals surface area contributed by atoms with E-state index in [1.54, 1.807) is 0 Å². The maximum atomic E-state index is 12.0. The molecular weight excluding hydrogens is 273 g/mol. The molecule has 0 aromatic carbocycles. The Bertz CT molecular complexity index is 529. The Kier molecular flexibility index (Phi) is 3.92. The van der Waals surface area contributed by atoms with Crippen molar-refractivity contribution in [2.45, 2.75) is 19.7 Å². The van der Waals surface area contributed by atoms with Gasteiger partial charge in [0.1, 0.15) is 0 Å². The Labute approximate surface area is 103 Å². The first-order chi connectivity index (χ1) is 8.60. The highest BCUT2D eigenvalue weighted by molar-refractivity contribution is 5.70. The largest absolute Gasteiger partial charge is 0.574 e. The number of carbonyl (C=O) groups is 1. The van der Waals surface area contributed by atoms with Crippen molar-refractivity contribution in [3.8, 4) is 5.88 Å². The quantitative estimate of drug-likeness (QED) is 0.666. The van der Waals surface area contributed by atoms with E-state index in [9.17, 15) is 28.1 Å². The van der Waals surface area contributed by atoms with Crippen LogP contribution in [0.2, 0.25) is 0 Å². The smallest absolute Gasteiger partial charge is 0.481 e. The van der Waals surface area contributed by atoms with Crippen LogP contribution in [0.1, 0.15) is 11.3 Å². The molecular formula is C9H7F3N2O5. The van der Waals surface area contributed by atoms with Crippen LogP contribution in [0.4, 0.5) is 18.9 Å². The van der Waals surface area contributed by atoms with Gasteiger partial charge in [-0.25, -0.2) is 4.98 Å². The van der Waals surface area contributed by atoms with Crippen molar-refractivity contribution >= 4 is 11.7 Å². The van der Waals surface area contributed by atoms with Crippen LogP contribution < -0.4 is 4.74 Å². The number of rotatable bonds is 4. The topological polar surface area (TPSA) is 103 Å². The maximum absolute atomic E-state index is 12.0. The maximum Gasteiger partial charge on any atom is 0.574 e. The Hall–Kier alpha value is -2.39. The molecule has 1 rings (SSSR count). The van der Waals surface area contributed by atoms with Crippen molar-refractivity contribution in [3.05, 3.63) is 27.4 Å². The minimum atomic E-state index is -5.07. The van der Waals surface area contributed by atoms with Crippen molar-refractivity contribution in [1.29, 1.82) is 0 Å². The summed E-state index contributed by atoms with van der Waals surface area (Å²) >= 11 is 0. The fourth-order valence-electron chi connectivity index (χ4n) is 1.30. The zero-order chi connectivity index (χ0) is 14.8. The van der Waals surface area contributed by atoms with Gasteiger partial charge in [-0.05, 0) is 6.92 Å². The Balaban J connectivity index is 3.30. The molecule has 0 fully saturated rings. The molecule has 0 saturated carbocycles. The number of carboxylic acids is 1. The van der Waals surface area contributed by atoms with E-state index in [-0.39, 0.29) is 11.3 Å². The molecule has 0 amide bonds. The first kappa shape index (κ1) is 14.7. The van der Waals surface area contributed by atoms with Gasteiger partial charge in [0.15, 0.2) is 0 Å². The van der Waals surface area contributed by atoms with Crippen LogP contribution in [-0.4, -0.2) is 27.3 Å². The second-order valence-corrected chi connectivity index (χ2v) is 3.43. The molecule has 19 heavy (non-hydrogen) atoms. The molecule has 0 atom stereocenters.